The van der Waals surface area contributed by atoms with Crippen molar-refractivity contribution in [2.24, 2.45) is 5.92 Å². The molecule has 1 aromatic rings. The Balaban J connectivity index is 2.72. The number of aliphatic hydroxyl groups excluding tert-OH is 1. The van der Waals surface area contributed by atoms with Crippen LogP contribution < -0.4 is 10.1 Å². The molecule has 2 N–H and O–H groups in total. The molecule has 0 saturated heterocycles. The van der Waals surface area contributed by atoms with Crippen molar-refractivity contribution in [2.45, 2.75) is 39.7 Å². The lowest BCUT2D eigenvalue weighted by atomic mass is 10.0. The number of ether oxygens (including phenoxy) is 1. The summed E-state index contributed by atoms with van der Waals surface area (Å²) in [6.07, 6.45) is 0.869. The van der Waals surface area contributed by atoms with Gasteiger partial charge in [-0.1, -0.05) is 31.5 Å². The summed E-state index contributed by atoms with van der Waals surface area (Å²) in [5.41, 5.74) is 1.99. The van der Waals surface area contributed by atoms with Crippen LogP contribution in [-0.2, 0) is 11.2 Å². The molecule has 112 valence electrons. The van der Waals surface area contributed by atoms with Crippen molar-refractivity contribution >= 4 is 5.91 Å². The number of carbonyl (C=O) groups is 1. The summed E-state index contributed by atoms with van der Waals surface area (Å²) >= 11 is 0. The topological polar surface area (TPSA) is 58.6 Å². The van der Waals surface area contributed by atoms with E-state index in [0.717, 1.165) is 16.9 Å². The zero-order chi connectivity index (χ0) is 15.1. The molecule has 0 heterocycles. The van der Waals surface area contributed by atoms with Crippen LogP contribution in [0, 0.1) is 12.8 Å². The third-order valence-electron chi connectivity index (χ3n) is 3.38. The minimum absolute atomic E-state index is 0.00306. The van der Waals surface area contributed by atoms with Crippen LogP contribution in [0.1, 0.15) is 31.4 Å². The molecule has 1 atom stereocenters. The predicted octanol–water partition coefficient (Wildman–Crippen LogP) is 2.07. The minimum atomic E-state index is -0.0407. The summed E-state index contributed by atoms with van der Waals surface area (Å²) in [5, 5.41) is 12.0. The van der Waals surface area contributed by atoms with E-state index < -0.39 is 0 Å². The van der Waals surface area contributed by atoms with E-state index in [0.29, 0.717) is 18.8 Å². The third-order valence-corrected chi connectivity index (χ3v) is 3.38. The van der Waals surface area contributed by atoms with E-state index in [1.165, 1.54) is 0 Å². The van der Waals surface area contributed by atoms with Gasteiger partial charge in [0.25, 0.3) is 0 Å². The van der Waals surface area contributed by atoms with Crippen molar-refractivity contribution < 1.29 is 14.6 Å². The summed E-state index contributed by atoms with van der Waals surface area (Å²) in [6.45, 7) is 6.14. The fourth-order valence-electron chi connectivity index (χ4n) is 2.19. The Labute approximate surface area is 121 Å². The van der Waals surface area contributed by atoms with Crippen molar-refractivity contribution in [1.29, 1.82) is 0 Å². The second-order valence-corrected chi connectivity index (χ2v) is 5.42. The maximum absolute atomic E-state index is 12.1. The molecule has 0 bridgehead atoms. The molecule has 0 aliphatic rings. The largest absolute Gasteiger partial charge is 0.496 e. The Morgan fingerprint density at radius 2 is 2.10 bits per heavy atom. The second kappa shape index (κ2) is 7.90. The number of hydrogen-bond acceptors (Lipinski definition) is 3. The van der Waals surface area contributed by atoms with Crippen LogP contribution in [0.2, 0.25) is 0 Å². The standard InChI is InChI=1S/C16H25NO3/c1-11(2)14(7-8-18)17-16(19)10-13-9-12(3)5-6-15(13)20-4/h5-6,9,11,14,18H,7-8,10H2,1-4H3,(H,17,19). The van der Waals surface area contributed by atoms with Gasteiger partial charge in [0, 0.05) is 18.2 Å². The molecule has 1 rings (SSSR count). The van der Waals surface area contributed by atoms with Crippen molar-refractivity contribution in [3.63, 3.8) is 0 Å². The number of aryl methyl sites for hydroxylation is 1. The summed E-state index contributed by atoms with van der Waals surface area (Å²) in [5.74, 6) is 0.987. The van der Waals surface area contributed by atoms with Gasteiger partial charge in [0.15, 0.2) is 0 Å². The monoisotopic (exact) mass is 279 g/mol. The molecule has 0 aliphatic heterocycles. The van der Waals surface area contributed by atoms with Crippen LogP contribution in [0.15, 0.2) is 18.2 Å². The van der Waals surface area contributed by atoms with Gasteiger partial charge in [0.2, 0.25) is 5.91 Å². The highest BCUT2D eigenvalue weighted by molar-refractivity contribution is 5.79. The summed E-state index contributed by atoms with van der Waals surface area (Å²) < 4.78 is 5.28. The third kappa shape index (κ3) is 4.85. The zero-order valence-electron chi connectivity index (χ0n) is 12.8. The fourth-order valence-corrected chi connectivity index (χ4v) is 2.19. The van der Waals surface area contributed by atoms with Crippen molar-refractivity contribution in [2.75, 3.05) is 13.7 Å². The van der Waals surface area contributed by atoms with E-state index in [2.05, 4.69) is 5.32 Å². The average molecular weight is 279 g/mol. The molecule has 0 aliphatic carbocycles. The van der Waals surface area contributed by atoms with Crippen LogP contribution in [0.4, 0.5) is 0 Å². The highest BCUT2D eigenvalue weighted by Gasteiger charge is 2.17. The first kappa shape index (κ1) is 16.5. The number of carbonyl (C=O) groups excluding carboxylic acids is 1. The minimum Gasteiger partial charge on any atom is -0.496 e. The molecule has 0 fully saturated rings. The fraction of sp³-hybridized carbons (Fsp3) is 0.562. The quantitative estimate of drug-likeness (QED) is 0.803. The van der Waals surface area contributed by atoms with E-state index in [-0.39, 0.29) is 18.6 Å². The Morgan fingerprint density at radius 3 is 2.65 bits per heavy atom. The molecule has 0 aromatic heterocycles. The van der Waals surface area contributed by atoms with Crippen LogP contribution in [0.25, 0.3) is 0 Å². The highest BCUT2D eigenvalue weighted by atomic mass is 16.5. The van der Waals surface area contributed by atoms with Gasteiger partial charge < -0.3 is 15.2 Å². The molecule has 1 unspecified atom stereocenters. The van der Waals surface area contributed by atoms with Gasteiger partial charge in [0.1, 0.15) is 5.75 Å². The number of aliphatic hydroxyl groups is 1. The molecule has 20 heavy (non-hydrogen) atoms. The van der Waals surface area contributed by atoms with Crippen molar-refractivity contribution in [3.8, 4) is 5.75 Å². The average Bonchev–Trinajstić information content (AvgIpc) is 2.38. The summed E-state index contributed by atoms with van der Waals surface area (Å²) in [6, 6.07) is 5.81. The van der Waals surface area contributed by atoms with Crippen LogP contribution in [-0.4, -0.2) is 30.8 Å². The molecule has 0 saturated carbocycles. The molecular formula is C16H25NO3. The first-order valence-corrected chi connectivity index (χ1v) is 7.01. The van der Waals surface area contributed by atoms with Gasteiger partial charge in [-0.25, -0.2) is 0 Å². The van der Waals surface area contributed by atoms with Gasteiger partial charge in [-0.3, -0.25) is 4.79 Å². The lowest BCUT2D eigenvalue weighted by Crippen LogP contribution is -2.40. The number of hydrogen-bond donors (Lipinski definition) is 2. The van der Waals surface area contributed by atoms with E-state index >= 15 is 0 Å². The predicted molar refractivity (Wildman–Crippen MR) is 79.9 cm³/mol. The summed E-state index contributed by atoms with van der Waals surface area (Å²) in [4.78, 5) is 12.1. The van der Waals surface area contributed by atoms with Crippen LogP contribution in [0.5, 0.6) is 5.75 Å². The van der Waals surface area contributed by atoms with E-state index in [4.69, 9.17) is 9.84 Å². The first-order chi connectivity index (χ1) is 9.47. The maximum atomic E-state index is 12.1. The normalized spacial score (nSPS) is 12.3. The van der Waals surface area contributed by atoms with Gasteiger partial charge in [-0.2, -0.15) is 0 Å². The van der Waals surface area contributed by atoms with Crippen molar-refractivity contribution in [3.05, 3.63) is 29.3 Å². The molecule has 4 heteroatoms. The van der Waals surface area contributed by atoms with E-state index in [1.54, 1.807) is 7.11 Å². The highest BCUT2D eigenvalue weighted by Crippen LogP contribution is 2.20. The van der Waals surface area contributed by atoms with Crippen LogP contribution >= 0.6 is 0 Å². The molecule has 1 aromatic carbocycles. The van der Waals surface area contributed by atoms with E-state index in [1.807, 2.05) is 39.0 Å². The van der Waals surface area contributed by atoms with Crippen molar-refractivity contribution in [1.82, 2.24) is 5.32 Å². The van der Waals surface area contributed by atoms with Crippen LogP contribution in [0.3, 0.4) is 0 Å². The smallest absolute Gasteiger partial charge is 0.224 e. The lowest BCUT2D eigenvalue weighted by molar-refractivity contribution is -0.121. The van der Waals surface area contributed by atoms with Gasteiger partial charge in [-0.15, -0.1) is 0 Å². The molecule has 0 spiro atoms. The molecular weight excluding hydrogens is 254 g/mol. The van der Waals surface area contributed by atoms with Gasteiger partial charge in [0.05, 0.1) is 13.5 Å². The Morgan fingerprint density at radius 1 is 1.40 bits per heavy atom. The Kier molecular flexibility index (Phi) is 6.52. The molecule has 4 nitrogen and oxygen atoms in total. The van der Waals surface area contributed by atoms with Gasteiger partial charge >= 0.3 is 0 Å². The number of benzene rings is 1. The number of rotatable bonds is 7. The Bertz CT molecular complexity index is 443. The van der Waals surface area contributed by atoms with E-state index in [9.17, 15) is 4.79 Å². The first-order valence-electron chi connectivity index (χ1n) is 7.01. The number of methoxy groups -OCH3 is 1. The second-order valence-electron chi connectivity index (χ2n) is 5.42. The maximum Gasteiger partial charge on any atom is 0.224 e. The molecule has 0 radical (unpaired) electrons. The molecule has 1 amide bonds. The number of nitrogens with one attached hydrogen (secondary N) is 1. The SMILES string of the molecule is COc1ccc(C)cc1CC(=O)NC(CCO)C(C)C. The summed E-state index contributed by atoms with van der Waals surface area (Å²) in [7, 11) is 1.61. The lowest BCUT2D eigenvalue weighted by Gasteiger charge is -2.21. The Hall–Kier alpha value is -1.55. The zero-order valence-corrected chi connectivity index (χ0v) is 12.8. The van der Waals surface area contributed by atoms with Gasteiger partial charge in [-0.05, 0) is 25.3 Å². The number of amides is 1.